The summed E-state index contributed by atoms with van der Waals surface area (Å²) >= 11 is 0. The number of benzene rings is 1. The first-order valence-electron chi connectivity index (χ1n) is 6.33. The number of amides is 2. The molecule has 1 aliphatic carbocycles. The molecule has 1 aliphatic rings. The SMILES string of the molecule is Cc1cc(C(=O)O)ccc1NC(=O)N(C)CC1CC1. The van der Waals surface area contributed by atoms with Gasteiger partial charge in [-0.1, -0.05) is 0 Å². The van der Waals surface area contributed by atoms with Crippen molar-refractivity contribution in [3.8, 4) is 0 Å². The fraction of sp³-hybridized carbons (Fsp3) is 0.429. The van der Waals surface area contributed by atoms with Gasteiger partial charge in [-0.15, -0.1) is 0 Å². The van der Waals surface area contributed by atoms with Gasteiger partial charge in [0.2, 0.25) is 0 Å². The van der Waals surface area contributed by atoms with E-state index >= 15 is 0 Å². The van der Waals surface area contributed by atoms with Gasteiger partial charge in [0.15, 0.2) is 0 Å². The number of hydrogen-bond acceptors (Lipinski definition) is 2. The monoisotopic (exact) mass is 262 g/mol. The number of urea groups is 1. The molecule has 0 aliphatic heterocycles. The minimum atomic E-state index is -0.966. The predicted octanol–water partition coefficient (Wildman–Crippen LogP) is 2.57. The molecule has 2 rings (SSSR count). The molecular formula is C14H18N2O3. The molecule has 0 radical (unpaired) electrons. The van der Waals surface area contributed by atoms with Crippen LogP contribution in [-0.4, -0.2) is 35.6 Å². The fourth-order valence-electron chi connectivity index (χ4n) is 1.92. The Morgan fingerprint density at radius 1 is 1.42 bits per heavy atom. The van der Waals surface area contributed by atoms with Crippen molar-refractivity contribution in [3.05, 3.63) is 29.3 Å². The molecule has 19 heavy (non-hydrogen) atoms. The molecule has 0 bridgehead atoms. The number of nitrogens with one attached hydrogen (secondary N) is 1. The fourth-order valence-corrected chi connectivity index (χ4v) is 1.92. The summed E-state index contributed by atoms with van der Waals surface area (Å²) in [7, 11) is 1.77. The number of anilines is 1. The van der Waals surface area contributed by atoms with Crippen molar-refractivity contribution in [3.63, 3.8) is 0 Å². The van der Waals surface area contributed by atoms with Crippen molar-refractivity contribution >= 4 is 17.7 Å². The van der Waals surface area contributed by atoms with Crippen molar-refractivity contribution in [2.75, 3.05) is 18.9 Å². The summed E-state index contributed by atoms with van der Waals surface area (Å²) in [5.74, 6) is -0.321. The second kappa shape index (κ2) is 5.30. The quantitative estimate of drug-likeness (QED) is 0.876. The van der Waals surface area contributed by atoms with E-state index in [4.69, 9.17) is 5.11 Å². The minimum absolute atomic E-state index is 0.155. The lowest BCUT2D eigenvalue weighted by Crippen LogP contribution is -2.33. The van der Waals surface area contributed by atoms with Crippen molar-refractivity contribution in [1.82, 2.24) is 4.90 Å². The van der Waals surface area contributed by atoms with Crippen molar-refractivity contribution in [2.45, 2.75) is 19.8 Å². The van der Waals surface area contributed by atoms with E-state index in [1.165, 1.54) is 18.9 Å². The number of carbonyl (C=O) groups excluding carboxylic acids is 1. The molecule has 2 N–H and O–H groups in total. The second-order valence-corrected chi connectivity index (χ2v) is 5.09. The van der Waals surface area contributed by atoms with E-state index in [1.807, 2.05) is 0 Å². The van der Waals surface area contributed by atoms with Gasteiger partial charge in [0, 0.05) is 19.3 Å². The van der Waals surface area contributed by atoms with Crippen LogP contribution in [0, 0.1) is 12.8 Å². The molecule has 5 nitrogen and oxygen atoms in total. The van der Waals surface area contributed by atoms with Gasteiger partial charge >= 0.3 is 12.0 Å². The Labute approximate surface area is 112 Å². The van der Waals surface area contributed by atoms with E-state index in [1.54, 1.807) is 31.0 Å². The van der Waals surface area contributed by atoms with Gasteiger partial charge in [0.25, 0.3) is 0 Å². The summed E-state index contributed by atoms with van der Waals surface area (Å²) in [6.45, 7) is 2.56. The topological polar surface area (TPSA) is 69.6 Å². The highest BCUT2D eigenvalue weighted by molar-refractivity contribution is 5.92. The lowest BCUT2D eigenvalue weighted by molar-refractivity contribution is 0.0697. The smallest absolute Gasteiger partial charge is 0.335 e. The lowest BCUT2D eigenvalue weighted by atomic mass is 10.1. The number of nitrogens with zero attached hydrogens (tertiary/aromatic N) is 1. The molecule has 1 aromatic carbocycles. The summed E-state index contributed by atoms with van der Waals surface area (Å²) in [6, 6.07) is 4.52. The highest BCUT2D eigenvalue weighted by Gasteiger charge is 2.24. The van der Waals surface area contributed by atoms with Crippen LogP contribution >= 0.6 is 0 Å². The van der Waals surface area contributed by atoms with Gasteiger partial charge in [-0.3, -0.25) is 0 Å². The molecule has 1 fully saturated rings. The molecule has 5 heteroatoms. The number of aromatic carboxylic acids is 1. The van der Waals surface area contributed by atoms with Crippen LogP contribution in [0.25, 0.3) is 0 Å². The number of aryl methyl sites for hydroxylation is 1. The van der Waals surface area contributed by atoms with Gasteiger partial charge in [0.1, 0.15) is 0 Å². The largest absolute Gasteiger partial charge is 0.478 e. The average molecular weight is 262 g/mol. The molecule has 1 saturated carbocycles. The third kappa shape index (κ3) is 3.47. The maximum atomic E-state index is 11.9. The highest BCUT2D eigenvalue weighted by atomic mass is 16.4. The zero-order valence-electron chi connectivity index (χ0n) is 11.1. The molecule has 102 valence electrons. The number of carboxylic acid groups (broad SMARTS) is 1. The summed E-state index contributed by atoms with van der Waals surface area (Å²) in [6.07, 6.45) is 2.40. The zero-order valence-corrected chi connectivity index (χ0v) is 11.1. The minimum Gasteiger partial charge on any atom is -0.478 e. The number of carboxylic acids is 1. The Morgan fingerprint density at radius 2 is 2.11 bits per heavy atom. The lowest BCUT2D eigenvalue weighted by Gasteiger charge is -2.18. The Hall–Kier alpha value is -2.04. The van der Waals surface area contributed by atoms with Crippen LogP contribution in [-0.2, 0) is 0 Å². The number of rotatable bonds is 4. The molecule has 0 heterocycles. The Balaban J connectivity index is 2.01. The summed E-state index contributed by atoms with van der Waals surface area (Å²) in [5.41, 5.74) is 1.62. The molecule has 2 amide bonds. The molecule has 0 saturated heterocycles. The van der Waals surface area contributed by atoms with Crippen LogP contribution in [0.1, 0.15) is 28.8 Å². The second-order valence-electron chi connectivity index (χ2n) is 5.09. The van der Waals surface area contributed by atoms with Crippen molar-refractivity contribution < 1.29 is 14.7 Å². The Bertz CT molecular complexity index is 509. The van der Waals surface area contributed by atoms with Crippen molar-refractivity contribution in [1.29, 1.82) is 0 Å². The van der Waals surface area contributed by atoms with Crippen LogP contribution in [0.3, 0.4) is 0 Å². The summed E-state index contributed by atoms with van der Waals surface area (Å²) in [5, 5.41) is 11.7. The van der Waals surface area contributed by atoms with Gasteiger partial charge < -0.3 is 15.3 Å². The van der Waals surface area contributed by atoms with Gasteiger partial charge in [-0.25, -0.2) is 9.59 Å². The van der Waals surface area contributed by atoms with Gasteiger partial charge in [0.05, 0.1) is 5.56 Å². The first kappa shape index (κ1) is 13.4. The number of carbonyl (C=O) groups is 2. The van der Waals surface area contributed by atoms with Gasteiger partial charge in [-0.05, 0) is 49.4 Å². The molecule has 0 atom stereocenters. The van der Waals surface area contributed by atoms with Crippen LogP contribution in [0.4, 0.5) is 10.5 Å². The van der Waals surface area contributed by atoms with E-state index < -0.39 is 5.97 Å². The standard InChI is InChI=1S/C14H18N2O3/c1-9-7-11(13(17)18)5-6-12(9)15-14(19)16(2)8-10-3-4-10/h5-7,10H,3-4,8H2,1-2H3,(H,15,19)(H,17,18). The average Bonchev–Trinajstić information content (AvgIpc) is 3.15. The van der Waals surface area contributed by atoms with E-state index in [2.05, 4.69) is 5.32 Å². The predicted molar refractivity (Wildman–Crippen MR) is 72.5 cm³/mol. The molecular weight excluding hydrogens is 244 g/mol. The van der Waals surface area contributed by atoms with Crippen LogP contribution in [0.5, 0.6) is 0 Å². The zero-order chi connectivity index (χ0) is 14.0. The molecule has 0 unspecified atom stereocenters. The van der Waals surface area contributed by atoms with Gasteiger partial charge in [-0.2, -0.15) is 0 Å². The summed E-state index contributed by atoms with van der Waals surface area (Å²) in [4.78, 5) is 24.4. The van der Waals surface area contributed by atoms with Crippen LogP contribution in [0.15, 0.2) is 18.2 Å². The third-order valence-electron chi connectivity index (χ3n) is 3.29. The van der Waals surface area contributed by atoms with E-state index in [-0.39, 0.29) is 11.6 Å². The highest BCUT2D eigenvalue weighted by Crippen LogP contribution is 2.29. The third-order valence-corrected chi connectivity index (χ3v) is 3.29. The first-order chi connectivity index (χ1) is 8.97. The maximum Gasteiger partial charge on any atom is 0.335 e. The molecule has 0 aromatic heterocycles. The number of hydrogen-bond donors (Lipinski definition) is 2. The van der Waals surface area contributed by atoms with Crippen LogP contribution < -0.4 is 5.32 Å². The van der Waals surface area contributed by atoms with E-state index in [9.17, 15) is 9.59 Å². The van der Waals surface area contributed by atoms with Crippen molar-refractivity contribution in [2.24, 2.45) is 5.92 Å². The Kier molecular flexibility index (Phi) is 3.74. The Morgan fingerprint density at radius 3 is 2.63 bits per heavy atom. The molecule has 1 aromatic rings. The maximum absolute atomic E-state index is 11.9. The van der Waals surface area contributed by atoms with E-state index in [0.717, 1.165) is 12.1 Å². The first-order valence-corrected chi connectivity index (χ1v) is 6.33. The van der Waals surface area contributed by atoms with Crippen LogP contribution in [0.2, 0.25) is 0 Å². The summed E-state index contributed by atoms with van der Waals surface area (Å²) < 4.78 is 0. The molecule has 0 spiro atoms. The van der Waals surface area contributed by atoms with E-state index in [0.29, 0.717) is 11.6 Å². The normalized spacial score (nSPS) is 14.0.